The fraction of sp³-hybridized carbons (Fsp3) is 0.182. The van der Waals surface area contributed by atoms with Gasteiger partial charge in [-0.05, 0) is 49.2 Å². The van der Waals surface area contributed by atoms with E-state index >= 15 is 0 Å². The van der Waals surface area contributed by atoms with Gasteiger partial charge >= 0.3 is 20.6 Å². The van der Waals surface area contributed by atoms with Crippen LogP contribution in [0.2, 0.25) is 0 Å². The van der Waals surface area contributed by atoms with Crippen LogP contribution in [-0.2, 0) is 16.3 Å². The van der Waals surface area contributed by atoms with Gasteiger partial charge in [-0.25, -0.2) is 18.5 Å². The van der Waals surface area contributed by atoms with E-state index in [1.807, 2.05) is 0 Å². The summed E-state index contributed by atoms with van der Waals surface area (Å²) in [6.07, 6.45) is 1.19. The second kappa shape index (κ2) is 9.11. The molecule has 2 N–H and O–H groups in total. The number of anilines is 3. The average molecular weight is 612 g/mol. The first-order valence-electron chi connectivity index (χ1n) is 10.8. The maximum atomic E-state index is 14.6. The summed E-state index contributed by atoms with van der Waals surface area (Å²) in [5, 5.41) is 2.59. The number of hydrogen-bond donors (Lipinski definition) is 2. The van der Waals surface area contributed by atoms with Crippen molar-refractivity contribution < 1.29 is 12.8 Å². The summed E-state index contributed by atoms with van der Waals surface area (Å²) in [6, 6.07) is 9.52. The molecular formula is C22H17BrClFN6O5S. The van der Waals surface area contributed by atoms with Crippen molar-refractivity contribution >= 4 is 64.1 Å². The van der Waals surface area contributed by atoms with Gasteiger partial charge in [0, 0.05) is 28.2 Å². The van der Waals surface area contributed by atoms with Crippen LogP contribution in [0.1, 0.15) is 18.9 Å². The van der Waals surface area contributed by atoms with E-state index in [4.69, 9.17) is 10.7 Å². The first-order valence-corrected chi connectivity index (χ1v) is 13.9. The molecule has 0 radical (unpaired) electrons. The summed E-state index contributed by atoms with van der Waals surface area (Å²) < 4.78 is 43.5. The largest absolute Gasteiger partial charge is 0.350 e. The van der Waals surface area contributed by atoms with E-state index in [1.165, 1.54) is 43.4 Å². The third-order valence-electron chi connectivity index (χ3n) is 5.75. The van der Waals surface area contributed by atoms with Crippen molar-refractivity contribution in [2.75, 3.05) is 10.0 Å². The molecule has 1 aliphatic rings. The van der Waals surface area contributed by atoms with E-state index in [0.29, 0.717) is 17.3 Å². The molecule has 11 nitrogen and oxygen atoms in total. The number of nitrogens with zero attached hydrogens (tertiary/aromatic N) is 4. The van der Waals surface area contributed by atoms with Crippen LogP contribution in [0.4, 0.5) is 21.6 Å². The van der Waals surface area contributed by atoms with Crippen molar-refractivity contribution in [1.82, 2.24) is 18.7 Å². The number of aromatic nitrogens is 4. The monoisotopic (exact) mass is 610 g/mol. The van der Waals surface area contributed by atoms with Crippen molar-refractivity contribution in [3.8, 4) is 5.69 Å². The summed E-state index contributed by atoms with van der Waals surface area (Å²) in [7, 11) is 2.50. The Morgan fingerprint density at radius 3 is 2.51 bits per heavy atom. The van der Waals surface area contributed by atoms with E-state index in [2.05, 4.69) is 31.0 Å². The van der Waals surface area contributed by atoms with Crippen LogP contribution >= 0.6 is 26.6 Å². The van der Waals surface area contributed by atoms with Gasteiger partial charge < -0.3 is 5.32 Å². The molecular weight excluding hydrogens is 595 g/mol. The lowest BCUT2D eigenvalue weighted by Gasteiger charge is -2.18. The van der Waals surface area contributed by atoms with Gasteiger partial charge in [0.25, 0.3) is 5.56 Å². The van der Waals surface area contributed by atoms with Crippen LogP contribution in [0.15, 0.2) is 61.3 Å². The molecule has 0 unspecified atom stereocenters. The highest BCUT2D eigenvalue weighted by molar-refractivity contribution is 9.10. The van der Waals surface area contributed by atoms with Gasteiger partial charge in [-0.3, -0.25) is 18.7 Å². The smallest absolute Gasteiger partial charge is 0.337 e. The molecule has 0 bridgehead atoms. The molecule has 37 heavy (non-hydrogen) atoms. The fourth-order valence-electron chi connectivity index (χ4n) is 4.00. The number of rotatable bonds is 6. The third-order valence-corrected chi connectivity index (χ3v) is 6.96. The Bertz CT molecular complexity index is 1880. The summed E-state index contributed by atoms with van der Waals surface area (Å²) in [5.41, 5.74) is -2.20. The Kier molecular flexibility index (Phi) is 6.20. The number of halogens is 3. The van der Waals surface area contributed by atoms with Crippen LogP contribution in [0.25, 0.3) is 16.7 Å². The first-order chi connectivity index (χ1) is 17.4. The molecule has 5 rings (SSSR count). The normalized spacial score (nSPS) is 13.6. The molecule has 0 saturated heterocycles. The quantitative estimate of drug-likeness (QED) is 0.320. The highest BCUT2D eigenvalue weighted by Gasteiger charge is 2.31. The minimum absolute atomic E-state index is 0.0427. The molecule has 15 heteroatoms. The maximum Gasteiger partial charge on any atom is 0.350 e. The van der Waals surface area contributed by atoms with Gasteiger partial charge in [0.1, 0.15) is 16.9 Å². The molecule has 2 aromatic carbocycles. The summed E-state index contributed by atoms with van der Waals surface area (Å²) >= 11 is 3.17. The Hall–Kier alpha value is -3.49. The van der Waals surface area contributed by atoms with E-state index in [9.17, 15) is 27.2 Å². The molecule has 0 spiro atoms. The van der Waals surface area contributed by atoms with Crippen LogP contribution in [0.5, 0.6) is 0 Å². The summed E-state index contributed by atoms with van der Waals surface area (Å²) in [6.45, 7) is 0. The van der Waals surface area contributed by atoms with Crippen LogP contribution in [0.3, 0.4) is 0 Å². The average Bonchev–Trinajstić information content (AvgIpc) is 3.63. The van der Waals surface area contributed by atoms with E-state index in [-0.39, 0.29) is 40.0 Å². The van der Waals surface area contributed by atoms with Crippen LogP contribution in [-0.4, -0.2) is 27.1 Å². The van der Waals surface area contributed by atoms with Crippen LogP contribution in [0, 0.1) is 5.82 Å². The molecule has 2 aromatic heterocycles. The maximum absolute atomic E-state index is 14.6. The van der Waals surface area contributed by atoms with Crippen molar-refractivity contribution in [3.63, 3.8) is 0 Å². The predicted octanol–water partition coefficient (Wildman–Crippen LogP) is 3.12. The number of fused-ring (bicyclic) bond motifs is 1. The third kappa shape index (κ3) is 4.79. The minimum Gasteiger partial charge on any atom is -0.337 e. The van der Waals surface area contributed by atoms with Crippen molar-refractivity contribution in [3.05, 3.63) is 84.1 Å². The number of hydrogen-bond acceptors (Lipinski definition) is 7. The molecule has 1 saturated carbocycles. The highest BCUT2D eigenvalue weighted by Crippen LogP contribution is 2.33. The van der Waals surface area contributed by atoms with Crippen molar-refractivity contribution in [1.29, 1.82) is 0 Å². The second-order valence-corrected chi connectivity index (χ2v) is 11.6. The lowest BCUT2D eigenvalue weighted by atomic mass is 10.2. The summed E-state index contributed by atoms with van der Waals surface area (Å²) in [4.78, 5) is 44.1. The van der Waals surface area contributed by atoms with Gasteiger partial charge in [0.05, 0.1) is 17.1 Å². The SMILES string of the molecule is Cn1c(=O)nc(Nc2ccc(Br)cc2F)c2c(=O)n(C3CC3)c(=O)n(-c3cccc(NS(=O)(=O)Cl)c3)c21. The van der Waals surface area contributed by atoms with Crippen molar-refractivity contribution in [2.45, 2.75) is 18.9 Å². The molecule has 192 valence electrons. The number of aryl methyl sites for hydroxylation is 1. The van der Waals surface area contributed by atoms with Gasteiger partial charge in [0.15, 0.2) is 5.82 Å². The molecule has 0 aliphatic heterocycles. The molecule has 0 atom stereocenters. The zero-order valence-electron chi connectivity index (χ0n) is 18.9. The lowest BCUT2D eigenvalue weighted by molar-refractivity contribution is 0.614. The van der Waals surface area contributed by atoms with Gasteiger partial charge in [-0.2, -0.15) is 13.4 Å². The predicted molar refractivity (Wildman–Crippen MR) is 141 cm³/mol. The highest BCUT2D eigenvalue weighted by atomic mass is 79.9. The van der Waals surface area contributed by atoms with E-state index in [0.717, 1.165) is 13.7 Å². The first kappa shape index (κ1) is 25.2. The molecule has 1 aliphatic carbocycles. The van der Waals surface area contributed by atoms with Crippen LogP contribution < -0.4 is 27.0 Å². The molecule has 2 heterocycles. The number of benzene rings is 2. The second-order valence-electron chi connectivity index (χ2n) is 8.36. The topological polar surface area (TPSA) is 137 Å². The van der Waals surface area contributed by atoms with E-state index in [1.54, 1.807) is 6.07 Å². The van der Waals surface area contributed by atoms with Gasteiger partial charge in [-0.15, -0.1) is 0 Å². The standard InChI is InChI=1S/C22H17BrClFN6O5S/c1-29-19-17(18(27-21(29)33)26-16-8-5-11(23)9-15(16)25)20(32)31(13-6-7-13)22(34)30(19)14-4-2-3-12(10-14)28-37(24,35)36/h2-5,8-10,13,28H,6-7H2,1H3,(H,26,27,33). The van der Waals surface area contributed by atoms with Gasteiger partial charge in [0.2, 0.25) is 0 Å². The Balaban J connectivity index is 1.86. The minimum atomic E-state index is -4.14. The Labute approximate surface area is 220 Å². The Morgan fingerprint density at radius 2 is 1.86 bits per heavy atom. The Morgan fingerprint density at radius 1 is 1.14 bits per heavy atom. The lowest BCUT2D eigenvalue weighted by Crippen LogP contribution is -2.42. The van der Waals surface area contributed by atoms with Gasteiger partial charge in [-0.1, -0.05) is 22.0 Å². The van der Waals surface area contributed by atoms with Crippen molar-refractivity contribution in [2.24, 2.45) is 7.05 Å². The molecule has 0 amide bonds. The number of nitrogens with one attached hydrogen (secondary N) is 2. The van der Waals surface area contributed by atoms with E-state index < -0.39 is 32.0 Å². The zero-order chi connectivity index (χ0) is 26.6. The summed E-state index contributed by atoms with van der Waals surface area (Å²) in [5.74, 6) is -0.896. The fourth-order valence-corrected chi connectivity index (χ4v) is 5.01. The molecule has 1 fully saturated rings. The molecule has 4 aromatic rings. The zero-order valence-corrected chi connectivity index (χ0v) is 22.1.